The third kappa shape index (κ3) is 6.77. The number of likely N-dealkylation sites (N-methyl/N-ethyl adjacent to an activating group) is 1. The van der Waals surface area contributed by atoms with Crippen molar-refractivity contribution in [1.82, 2.24) is 15.5 Å². The van der Waals surface area contributed by atoms with Crippen LogP contribution in [0.25, 0.3) is 0 Å². The highest BCUT2D eigenvalue weighted by atomic mass is 16.5. The summed E-state index contributed by atoms with van der Waals surface area (Å²) in [5.41, 5.74) is 16.2. The molecule has 0 aliphatic carbocycles. The third-order valence-electron chi connectivity index (χ3n) is 5.39. The van der Waals surface area contributed by atoms with Gasteiger partial charge in [0.2, 0.25) is 0 Å². The molecule has 3 rings (SSSR count). The van der Waals surface area contributed by atoms with Crippen molar-refractivity contribution in [2.24, 2.45) is 27.4 Å². The van der Waals surface area contributed by atoms with Gasteiger partial charge in [-0.1, -0.05) is 13.8 Å². The maximum atomic E-state index is 7.51. The molecule has 9 heteroatoms. The molecule has 0 aromatic heterocycles. The molecule has 0 unspecified atom stereocenters. The van der Waals surface area contributed by atoms with Crippen LogP contribution in [0.15, 0.2) is 80.6 Å². The normalized spacial score (nSPS) is 20.3. The Labute approximate surface area is 195 Å². The van der Waals surface area contributed by atoms with Gasteiger partial charge in [-0.2, -0.15) is 0 Å². The fourth-order valence-electron chi connectivity index (χ4n) is 3.44. The van der Waals surface area contributed by atoms with Crippen molar-refractivity contribution in [3.8, 4) is 0 Å². The van der Waals surface area contributed by atoms with Crippen LogP contribution in [-0.2, 0) is 4.74 Å². The monoisotopic (exact) mass is 450 g/mol. The summed E-state index contributed by atoms with van der Waals surface area (Å²) < 4.78 is 5.76. The van der Waals surface area contributed by atoms with Crippen LogP contribution < -0.4 is 22.1 Å². The second-order valence-corrected chi connectivity index (χ2v) is 8.41. The average molecular weight is 451 g/mol. The smallest absolute Gasteiger partial charge is 0.132 e. The van der Waals surface area contributed by atoms with Crippen LogP contribution in [0.2, 0.25) is 0 Å². The largest absolute Gasteiger partial charge is 0.404 e. The van der Waals surface area contributed by atoms with Gasteiger partial charge in [0, 0.05) is 49.1 Å². The first-order chi connectivity index (χ1) is 15.9. The Kier molecular flexibility index (Phi) is 8.39. The number of rotatable bonds is 10. The summed E-state index contributed by atoms with van der Waals surface area (Å²) in [4.78, 5) is 11.1. The predicted molar refractivity (Wildman–Crippen MR) is 135 cm³/mol. The fourth-order valence-corrected chi connectivity index (χ4v) is 3.44. The molecule has 33 heavy (non-hydrogen) atoms. The van der Waals surface area contributed by atoms with E-state index in [-0.39, 0.29) is 5.92 Å². The molecule has 1 saturated heterocycles. The summed E-state index contributed by atoms with van der Waals surface area (Å²) in [6.45, 7) is 7.16. The lowest BCUT2D eigenvalue weighted by Gasteiger charge is -2.35. The second-order valence-electron chi connectivity index (χ2n) is 8.41. The SMILES string of the molecule is CC(C)C(C=N)=CC(N)=NC1=CC=C2NC=C(C(C=NCCOC3CN(C)C3)=CN)C=C2N1. The fraction of sp³-hybridized carbons (Fsp3) is 0.375. The van der Waals surface area contributed by atoms with Crippen LogP contribution in [0, 0.1) is 11.3 Å². The molecule has 176 valence electrons. The molecule has 0 bridgehead atoms. The Balaban J connectivity index is 1.60. The van der Waals surface area contributed by atoms with E-state index in [1.165, 1.54) is 12.4 Å². The molecule has 0 radical (unpaired) electrons. The van der Waals surface area contributed by atoms with Gasteiger partial charge < -0.3 is 37.1 Å². The zero-order valence-electron chi connectivity index (χ0n) is 19.5. The summed E-state index contributed by atoms with van der Waals surface area (Å²) >= 11 is 0. The minimum absolute atomic E-state index is 0.198. The molecule has 3 aliphatic heterocycles. The number of nitrogens with two attached hydrogens (primary N) is 2. The van der Waals surface area contributed by atoms with Crippen molar-refractivity contribution in [2.45, 2.75) is 20.0 Å². The quantitative estimate of drug-likeness (QED) is 0.194. The van der Waals surface area contributed by atoms with E-state index < -0.39 is 0 Å². The number of likely N-dealkylation sites (tertiary alicyclic amines) is 1. The lowest BCUT2D eigenvalue weighted by molar-refractivity contribution is -0.0397. The molecule has 0 spiro atoms. The second kappa shape index (κ2) is 11.4. The first-order valence-electron chi connectivity index (χ1n) is 11.1. The summed E-state index contributed by atoms with van der Waals surface area (Å²) in [5.74, 6) is 1.15. The van der Waals surface area contributed by atoms with Gasteiger partial charge in [-0.25, -0.2) is 4.99 Å². The Morgan fingerprint density at radius 1 is 1.33 bits per heavy atom. The van der Waals surface area contributed by atoms with E-state index in [9.17, 15) is 0 Å². The van der Waals surface area contributed by atoms with E-state index in [4.69, 9.17) is 21.6 Å². The minimum atomic E-state index is 0.198. The van der Waals surface area contributed by atoms with Gasteiger partial charge in [0.05, 0.1) is 30.6 Å². The number of aliphatic imine (C=N–C) groups is 2. The van der Waals surface area contributed by atoms with Crippen molar-refractivity contribution in [3.63, 3.8) is 0 Å². The molecule has 0 aromatic carbocycles. The van der Waals surface area contributed by atoms with Gasteiger partial charge in [0.15, 0.2) is 0 Å². The van der Waals surface area contributed by atoms with Gasteiger partial charge in [-0.15, -0.1) is 0 Å². The summed E-state index contributed by atoms with van der Waals surface area (Å²) in [6.07, 6.45) is 14.3. The van der Waals surface area contributed by atoms with Gasteiger partial charge in [0.25, 0.3) is 0 Å². The Hall–Kier alpha value is -3.43. The van der Waals surface area contributed by atoms with Crippen molar-refractivity contribution >= 4 is 18.3 Å². The Morgan fingerprint density at radius 2 is 2.12 bits per heavy atom. The maximum absolute atomic E-state index is 7.51. The van der Waals surface area contributed by atoms with Crippen LogP contribution in [-0.4, -0.2) is 62.6 Å². The molecule has 3 aliphatic rings. The number of nitrogens with zero attached hydrogens (tertiary/aromatic N) is 3. The van der Waals surface area contributed by atoms with Gasteiger partial charge in [0.1, 0.15) is 11.7 Å². The number of fused-ring (bicyclic) bond motifs is 1. The summed E-state index contributed by atoms with van der Waals surface area (Å²) in [5, 5.41) is 14.1. The zero-order valence-corrected chi connectivity index (χ0v) is 19.5. The van der Waals surface area contributed by atoms with E-state index in [0.717, 1.165) is 41.2 Å². The number of amidine groups is 1. The summed E-state index contributed by atoms with van der Waals surface area (Å²) in [7, 11) is 2.08. The zero-order chi connectivity index (χ0) is 23.8. The van der Waals surface area contributed by atoms with Crippen molar-refractivity contribution in [2.75, 3.05) is 33.3 Å². The molecule has 0 saturated carbocycles. The molecular weight excluding hydrogens is 416 g/mol. The number of dihydropyridines is 2. The predicted octanol–water partition coefficient (Wildman–Crippen LogP) is 1.52. The van der Waals surface area contributed by atoms with E-state index in [0.29, 0.717) is 30.9 Å². The Morgan fingerprint density at radius 3 is 2.79 bits per heavy atom. The van der Waals surface area contributed by atoms with E-state index >= 15 is 0 Å². The van der Waals surface area contributed by atoms with E-state index in [2.05, 4.69) is 32.6 Å². The topological polar surface area (TPSA) is 137 Å². The van der Waals surface area contributed by atoms with Crippen LogP contribution >= 0.6 is 0 Å². The van der Waals surface area contributed by atoms with Crippen LogP contribution in [0.1, 0.15) is 13.8 Å². The van der Waals surface area contributed by atoms with Crippen LogP contribution in [0.4, 0.5) is 0 Å². The summed E-state index contributed by atoms with van der Waals surface area (Å²) in [6, 6.07) is 0. The molecular formula is C24H34N8O. The molecule has 7 N–H and O–H groups in total. The third-order valence-corrected chi connectivity index (χ3v) is 5.39. The highest BCUT2D eigenvalue weighted by molar-refractivity contribution is 5.97. The molecule has 0 aromatic rings. The van der Waals surface area contributed by atoms with Crippen molar-refractivity contribution < 1.29 is 4.74 Å². The minimum Gasteiger partial charge on any atom is -0.404 e. The number of hydrogen-bond donors (Lipinski definition) is 5. The maximum Gasteiger partial charge on any atom is 0.132 e. The van der Waals surface area contributed by atoms with Crippen molar-refractivity contribution in [3.05, 3.63) is 70.6 Å². The number of hydrogen-bond acceptors (Lipinski definition) is 8. The van der Waals surface area contributed by atoms with Crippen LogP contribution in [0.5, 0.6) is 0 Å². The highest BCUT2D eigenvalue weighted by Crippen LogP contribution is 2.22. The molecule has 9 nitrogen and oxygen atoms in total. The molecule has 0 atom stereocenters. The van der Waals surface area contributed by atoms with Gasteiger partial charge >= 0.3 is 0 Å². The molecule has 3 heterocycles. The number of allylic oxidation sites excluding steroid dienone is 6. The van der Waals surface area contributed by atoms with Crippen molar-refractivity contribution in [1.29, 1.82) is 5.41 Å². The van der Waals surface area contributed by atoms with Gasteiger partial charge in [-0.05, 0) is 42.8 Å². The first kappa shape index (κ1) is 24.2. The van der Waals surface area contributed by atoms with E-state index in [1.54, 1.807) is 12.3 Å². The first-order valence-corrected chi connectivity index (χ1v) is 11.1. The van der Waals surface area contributed by atoms with Gasteiger partial charge in [-0.3, -0.25) is 4.99 Å². The lowest BCUT2D eigenvalue weighted by Crippen LogP contribution is -2.49. The number of nitrogens with one attached hydrogen (secondary N) is 3. The number of ether oxygens (including phenoxy) is 1. The Bertz CT molecular complexity index is 988. The highest BCUT2D eigenvalue weighted by Gasteiger charge is 2.23. The molecule has 1 fully saturated rings. The van der Waals surface area contributed by atoms with Crippen LogP contribution in [0.3, 0.4) is 0 Å². The lowest BCUT2D eigenvalue weighted by atomic mass is 10.0. The van der Waals surface area contributed by atoms with E-state index in [1.807, 2.05) is 38.3 Å². The standard InChI is InChI=1S/C24H34N8O/c1-16(2)17(10-25)9-23(27)31-24-5-4-21-22(30-24)8-18(13-29-21)19(11-26)12-28-6-7-33-20-14-32(3)15-20/h4-5,8-13,16,20,25,29-30H,6-7,14-15,26H2,1-3H3,(H2,27,31). The average Bonchev–Trinajstić information content (AvgIpc) is 2.77. The molecule has 0 amide bonds.